The van der Waals surface area contributed by atoms with E-state index in [1.165, 1.54) is 25.3 Å². The van der Waals surface area contributed by atoms with Gasteiger partial charge in [0.05, 0.1) is 24.1 Å². The molecule has 21 heavy (non-hydrogen) atoms. The van der Waals surface area contributed by atoms with Gasteiger partial charge in [-0.05, 0) is 42.5 Å². The van der Waals surface area contributed by atoms with Crippen molar-refractivity contribution in [3.63, 3.8) is 0 Å². The van der Waals surface area contributed by atoms with E-state index in [2.05, 4.69) is 10.2 Å². The van der Waals surface area contributed by atoms with E-state index in [1.807, 2.05) is 0 Å². The summed E-state index contributed by atoms with van der Waals surface area (Å²) in [5, 5.41) is 6.93. The van der Waals surface area contributed by atoms with Gasteiger partial charge in [0, 0.05) is 5.56 Å². The average molecular weight is 286 g/mol. The number of aromatic nitrogens is 2. The van der Waals surface area contributed by atoms with Crippen LogP contribution in [0.4, 0.5) is 8.78 Å². The summed E-state index contributed by atoms with van der Waals surface area (Å²) in [6.07, 6.45) is 0. The summed E-state index contributed by atoms with van der Waals surface area (Å²) in [5.74, 6) is -0.293. The van der Waals surface area contributed by atoms with Gasteiger partial charge in [-0.2, -0.15) is 5.10 Å². The molecule has 3 aromatic rings. The first kappa shape index (κ1) is 13.3. The Morgan fingerprint density at radius 2 is 1.81 bits per heavy atom. The Morgan fingerprint density at radius 1 is 1.05 bits per heavy atom. The van der Waals surface area contributed by atoms with Gasteiger partial charge in [0.1, 0.15) is 17.4 Å². The number of nitrogens with zero attached hydrogens (tertiary/aromatic N) is 1. The van der Waals surface area contributed by atoms with Crippen LogP contribution in [0.5, 0.6) is 5.75 Å². The molecule has 0 spiro atoms. The number of halogens is 2. The molecular formula is C16H12F2N2O. The molecule has 1 heterocycles. The molecule has 106 valence electrons. The highest BCUT2D eigenvalue weighted by Gasteiger charge is 2.14. The van der Waals surface area contributed by atoms with E-state index in [0.29, 0.717) is 22.7 Å². The zero-order valence-corrected chi connectivity index (χ0v) is 11.2. The summed E-state index contributed by atoms with van der Waals surface area (Å²) < 4.78 is 32.1. The van der Waals surface area contributed by atoms with Gasteiger partial charge in [-0.25, -0.2) is 8.78 Å². The molecule has 0 unspecified atom stereocenters. The quantitative estimate of drug-likeness (QED) is 0.789. The topological polar surface area (TPSA) is 37.9 Å². The van der Waals surface area contributed by atoms with Crippen molar-refractivity contribution in [1.29, 1.82) is 0 Å². The Hall–Kier alpha value is -2.69. The highest BCUT2D eigenvalue weighted by molar-refractivity contribution is 5.72. The molecule has 3 nitrogen and oxygen atoms in total. The normalized spacial score (nSPS) is 10.6. The molecule has 0 aliphatic rings. The van der Waals surface area contributed by atoms with Crippen molar-refractivity contribution in [3.05, 3.63) is 60.2 Å². The van der Waals surface area contributed by atoms with Crippen molar-refractivity contribution in [1.82, 2.24) is 10.2 Å². The molecule has 0 radical (unpaired) electrons. The van der Waals surface area contributed by atoms with E-state index >= 15 is 0 Å². The Kier molecular flexibility index (Phi) is 3.39. The number of hydrogen-bond acceptors (Lipinski definition) is 2. The van der Waals surface area contributed by atoms with Crippen molar-refractivity contribution in [2.24, 2.45) is 0 Å². The summed E-state index contributed by atoms with van der Waals surface area (Å²) in [6.45, 7) is 0. The fourth-order valence-corrected chi connectivity index (χ4v) is 2.15. The number of benzene rings is 2. The van der Waals surface area contributed by atoms with Crippen LogP contribution >= 0.6 is 0 Å². The summed E-state index contributed by atoms with van der Waals surface area (Å²) in [4.78, 5) is 0. The van der Waals surface area contributed by atoms with Crippen LogP contribution in [0.15, 0.2) is 48.5 Å². The summed E-state index contributed by atoms with van der Waals surface area (Å²) in [6, 6.07) is 12.3. The lowest BCUT2D eigenvalue weighted by Crippen LogP contribution is -1.91. The minimum absolute atomic E-state index is 0.315. The maximum Gasteiger partial charge on any atom is 0.136 e. The average Bonchev–Trinajstić information content (AvgIpc) is 2.97. The molecule has 1 N–H and O–H groups in total. The highest BCUT2D eigenvalue weighted by atomic mass is 19.1. The van der Waals surface area contributed by atoms with E-state index in [-0.39, 0.29) is 5.82 Å². The van der Waals surface area contributed by atoms with Crippen LogP contribution in [-0.4, -0.2) is 17.3 Å². The third-order valence-corrected chi connectivity index (χ3v) is 3.18. The Morgan fingerprint density at radius 3 is 2.52 bits per heavy atom. The molecule has 0 saturated carbocycles. The molecule has 2 aromatic carbocycles. The summed E-state index contributed by atoms with van der Waals surface area (Å²) >= 11 is 0. The molecule has 0 fully saturated rings. The third-order valence-electron chi connectivity index (χ3n) is 3.18. The third kappa shape index (κ3) is 2.50. The number of H-pyrrole nitrogens is 1. The Labute approximate surface area is 120 Å². The van der Waals surface area contributed by atoms with Crippen LogP contribution in [0.25, 0.3) is 22.5 Å². The van der Waals surface area contributed by atoms with Gasteiger partial charge in [-0.1, -0.05) is 6.07 Å². The zero-order chi connectivity index (χ0) is 14.8. The molecule has 5 heteroatoms. The molecule has 3 rings (SSSR count). The second kappa shape index (κ2) is 5.36. The predicted molar refractivity (Wildman–Crippen MR) is 75.9 cm³/mol. The molecule has 0 bridgehead atoms. The SMILES string of the molecule is COc1cccc(F)c1-c1cc(-c2ccc(F)cc2)n[nH]1. The molecular weight excluding hydrogens is 274 g/mol. The molecule has 0 atom stereocenters. The molecule has 0 aliphatic heterocycles. The number of aromatic amines is 1. The number of hydrogen-bond donors (Lipinski definition) is 1. The van der Waals surface area contributed by atoms with Crippen LogP contribution < -0.4 is 4.74 Å². The Bertz CT molecular complexity index is 766. The molecule has 1 aromatic heterocycles. The van der Waals surface area contributed by atoms with E-state index in [9.17, 15) is 8.78 Å². The number of ether oxygens (including phenoxy) is 1. The fourth-order valence-electron chi connectivity index (χ4n) is 2.15. The summed E-state index contributed by atoms with van der Waals surface area (Å²) in [5.41, 5.74) is 2.18. The van der Waals surface area contributed by atoms with Crippen LogP contribution in [0.2, 0.25) is 0 Å². The van der Waals surface area contributed by atoms with E-state index < -0.39 is 5.82 Å². The first-order chi connectivity index (χ1) is 10.2. The van der Waals surface area contributed by atoms with Gasteiger partial charge in [-0.15, -0.1) is 0 Å². The van der Waals surface area contributed by atoms with Crippen LogP contribution in [0.1, 0.15) is 0 Å². The van der Waals surface area contributed by atoms with E-state index in [0.717, 1.165) is 5.56 Å². The van der Waals surface area contributed by atoms with Gasteiger partial charge in [0.15, 0.2) is 0 Å². The first-order valence-corrected chi connectivity index (χ1v) is 6.33. The minimum atomic E-state index is -0.399. The van der Waals surface area contributed by atoms with Crippen molar-refractivity contribution in [2.75, 3.05) is 7.11 Å². The van der Waals surface area contributed by atoms with Gasteiger partial charge in [-0.3, -0.25) is 5.10 Å². The van der Waals surface area contributed by atoms with E-state index in [1.54, 1.807) is 30.3 Å². The van der Waals surface area contributed by atoms with E-state index in [4.69, 9.17) is 4.74 Å². The minimum Gasteiger partial charge on any atom is -0.496 e. The first-order valence-electron chi connectivity index (χ1n) is 6.33. The lowest BCUT2D eigenvalue weighted by atomic mass is 10.1. The monoisotopic (exact) mass is 286 g/mol. The second-order valence-electron chi connectivity index (χ2n) is 4.49. The molecule has 0 aliphatic carbocycles. The Balaban J connectivity index is 2.05. The lowest BCUT2D eigenvalue weighted by Gasteiger charge is -2.06. The van der Waals surface area contributed by atoms with Gasteiger partial charge in [0.25, 0.3) is 0 Å². The van der Waals surface area contributed by atoms with Crippen molar-refractivity contribution in [2.45, 2.75) is 0 Å². The second-order valence-corrected chi connectivity index (χ2v) is 4.49. The number of rotatable bonds is 3. The molecule has 0 saturated heterocycles. The lowest BCUT2D eigenvalue weighted by molar-refractivity contribution is 0.413. The van der Waals surface area contributed by atoms with Crippen LogP contribution in [-0.2, 0) is 0 Å². The van der Waals surface area contributed by atoms with Crippen molar-refractivity contribution in [3.8, 4) is 28.3 Å². The molecule has 0 amide bonds. The van der Waals surface area contributed by atoms with Gasteiger partial charge in [0.2, 0.25) is 0 Å². The smallest absolute Gasteiger partial charge is 0.136 e. The van der Waals surface area contributed by atoms with Crippen LogP contribution in [0.3, 0.4) is 0 Å². The van der Waals surface area contributed by atoms with Gasteiger partial charge < -0.3 is 4.74 Å². The van der Waals surface area contributed by atoms with Gasteiger partial charge >= 0.3 is 0 Å². The largest absolute Gasteiger partial charge is 0.496 e. The standard InChI is InChI=1S/C16H12F2N2O/c1-21-15-4-2-3-12(18)16(15)14-9-13(19-20-14)10-5-7-11(17)8-6-10/h2-9H,1H3,(H,19,20). The number of methoxy groups -OCH3 is 1. The zero-order valence-electron chi connectivity index (χ0n) is 11.2. The maximum absolute atomic E-state index is 14.0. The maximum atomic E-state index is 14.0. The highest BCUT2D eigenvalue weighted by Crippen LogP contribution is 2.33. The number of nitrogens with one attached hydrogen (secondary N) is 1. The van der Waals surface area contributed by atoms with Crippen LogP contribution in [0, 0.1) is 11.6 Å². The summed E-state index contributed by atoms with van der Waals surface area (Å²) in [7, 11) is 1.48. The van der Waals surface area contributed by atoms with Crippen molar-refractivity contribution >= 4 is 0 Å². The predicted octanol–water partition coefficient (Wildman–Crippen LogP) is 4.03. The fraction of sp³-hybridized carbons (Fsp3) is 0.0625. The van der Waals surface area contributed by atoms with Crippen molar-refractivity contribution < 1.29 is 13.5 Å².